The van der Waals surface area contributed by atoms with Gasteiger partial charge in [0.25, 0.3) is 0 Å². The van der Waals surface area contributed by atoms with Crippen LogP contribution >= 0.6 is 23.4 Å². The highest BCUT2D eigenvalue weighted by Crippen LogP contribution is 2.34. The predicted molar refractivity (Wildman–Crippen MR) is 67.6 cm³/mol. The molecular formula is C11H19ClF3NS. The minimum absolute atomic E-state index is 0.0266. The number of hydrogen-bond donors (Lipinski definition) is 1. The Morgan fingerprint density at radius 1 is 1.47 bits per heavy atom. The zero-order chi connectivity index (χ0) is 12.9. The molecule has 1 fully saturated rings. The summed E-state index contributed by atoms with van der Waals surface area (Å²) in [6.45, 7) is 2.54. The molecule has 0 aliphatic heterocycles. The highest BCUT2D eigenvalue weighted by atomic mass is 35.5. The van der Waals surface area contributed by atoms with Crippen molar-refractivity contribution in [2.45, 2.75) is 43.7 Å². The topological polar surface area (TPSA) is 12.0 Å². The summed E-state index contributed by atoms with van der Waals surface area (Å²) < 4.78 is 35.9. The molecule has 1 rings (SSSR count). The molecule has 0 aromatic carbocycles. The highest BCUT2D eigenvalue weighted by molar-refractivity contribution is 8.00. The molecule has 102 valence electrons. The maximum Gasteiger partial charge on any atom is 0.441 e. The number of alkyl halides is 4. The predicted octanol–water partition coefficient (Wildman–Crippen LogP) is 4.02. The molecule has 0 radical (unpaired) electrons. The normalized spacial score (nSPS) is 30.5. The lowest BCUT2D eigenvalue weighted by Crippen LogP contribution is -2.50. The van der Waals surface area contributed by atoms with Crippen LogP contribution in [0.15, 0.2) is 0 Å². The second-order valence-electron chi connectivity index (χ2n) is 4.84. The SMILES string of the molecule is CC1CCCC(CCl)(NCCSC(F)(F)F)C1. The summed E-state index contributed by atoms with van der Waals surface area (Å²) in [4.78, 5) is 0. The van der Waals surface area contributed by atoms with Gasteiger partial charge in [-0.25, -0.2) is 0 Å². The summed E-state index contributed by atoms with van der Waals surface area (Å²) in [5.41, 5.74) is -4.28. The van der Waals surface area contributed by atoms with Crippen molar-refractivity contribution in [1.29, 1.82) is 0 Å². The Labute approximate surface area is 110 Å². The van der Waals surface area contributed by atoms with Gasteiger partial charge in [0, 0.05) is 23.7 Å². The van der Waals surface area contributed by atoms with E-state index in [4.69, 9.17) is 11.6 Å². The van der Waals surface area contributed by atoms with Gasteiger partial charge in [-0.1, -0.05) is 19.8 Å². The second-order valence-corrected chi connectivity index (χ2v) is 6.26. The van der Waals surface area contributed by atoms with Crippen molar-refractivity contribution in [1.82, 2.24) is 5.32 Å². The lowest BCUT2D eigenvalue weighted by atomic mass is 9.77. The largest absolute Gasteiger partial charge is 0.441 e. The fourth-order valence-corrected chi connectivity index (χ4v) is 3.25. The van der Waals surface area contributed by atoms with Crippen molar-refractivity contribution >= 4 is 23.4 Å². The summed E-state index contributed by atoms with van der Waals surface area (Å²) in [6.07, 6.45) is 4.23. The third-order valence-electron chi connectivity index (χ3n) is 3.22. The van der Waals surface area contributed by atoms with E-state index in [1.807, 2.05) is 0 Å². The van der Waals surface area contributed by atoms with Crippen LogP contribution in [0, 0.1) is 5.92 Å². The van der Waals surface area contributed by atoms with Crippen LogP contribution in [-0.4, -0.2) is 29.2 Å². The van der Waals surface area contributed by atoms with Gasteiger partial charge in [-0.15, -0.1) is 11.6 Å². The van der Waals surface area contributed by atoms with Gasteiger partial charge in [-0.05, 0) is 30.5 Å². The lowest BCUT2D eigenvalue weighted by Gasteiger charge is -2.39. The summed E-state index contributed by atoms with van der Waals surface area (Å²) in [7, 11) is 0. The molecule has 0 aromatic heterocycles. The van der Waals surface area contributed by atoms with Gasteiger partial charge < -0.3 is 5.32 Å². The molecule has 0 spiro atoms. The van der Waals surface area contributed by atoms with E-state index >= 15 is 0 Å². The molecule has 17 heavy (non-hydrogen) atoms. The van der Waals surface area contributed by atoms with Crippen LogP contribution in [0.2, 0.25) is 0 Å². The van der Waals surface area contributed by atoms with Gasteiger partial charge >= 0.3 is 5.51 Å². The molecule has 1 aliphatic carbocycles. The fourth-order valence-electron chi connectivity index (χ4n) is 2.47. The van der Waals surface area contributed by atoms with E-state index in [0.717, 1.165) is 19.3 Å². The fraction of sp³-hybridized carbons (Fsp3) is 1.00. The third kappa shape index (κ3) is 5.71. The van der Waals surface area contributed by atoms with Crippen LogP contribution in [-0.2, 0) is 0 Å². The first-order valence-electron chi connectivity index (χ1n) is 5.89. The van der Waals surface area contributed by atoms with Crippen molar-refractivity contribution in [2.75, 3.05) is 18.2 Å². The van der Waals surface area contributed by atoms with Crippen LogP contribution in [0.1, 0.15) is 32.6 Å². The quantitative estimate of drug-likeness (QED) is 0.606. The summed E-state index contributed by atoms with van der Waals surface area (Å²) in [5, 5.41) is 3.24. The van der Waals surface area contributed by atoms with Crippen LogP contribution in [0.3, 0.4) is 0 Å². The number of halogens is 4. The standard InChI is InChI=1S/C11H19ClF3NS/c1-9-3-2-4-10(7-9,8-12)16-5-6-17-11(13,14)15/h9,16H,2-8H2,1H3. The highest BCUT2D eigenvalue weighted by Gasteiger charge is 2.34. The lowest BCUT2D eigenvalue weighted by molar-refractivity contribution is -0.0328. The van der Waals surface area contributed by atoms with Crippen molar-refractivity contribution < 1.29 is 13.2 Å². The number of hydrogen-bond acceptors (Lipinski definition) is 2. The molecule has 6 heteroatoms. The zero-order valence-electron chi connectivity index (χ0n) is 9.95. The zero-order valence-corrected chi connectivity index (χ0v) is 11.5. The van der Waals surface area contributed by atoms with Crippen LogP contribution in [0.4, 0.5) is 13.2 Å². The average molecular weight is 290 g/mol. The van der Waals surface area contributed by atoms with E-state index < -0.39 is 5.51 Å². The maximum atomic E-state index is 12.0. The summed E-state index contributed by atoms with van der Waals surface area (Å²) in [5.74, 6) is 1.13. The second kappa shape index (κ2) is 6.53. The number of nitrogens with one attached hydrogen (secondary N) is 1. The molecule has 0 aromatic rings. The Morgan fingerprint density at radius 3 is 2.71 bits per heavy atom. The smallest absolute Gasteiger partial charge is 0.309 e. The average Bonchev–Trinajstić information content (AvgIpc) is 2.23. The van der Waals surface area contributed by atoms with Gasteiger partial charge in [0.15, 0.2) is 0 Å². The van der Waals surface area contributed by atoms with E-state index in [0.29, 0.717) is 18.3 Å². The molecular weight excluding hydrogens is 271 g/mol. The van der Waals surface area contributed by atoms with Crippen molar-refractivity contribution in [3.05, 3.63) is 0 Å². The van der Waals surface area contributed by atoms with Crippen LogP contribution < -0.4 is 5.32 Å². The first-order chi connectivity index (χ1) is 7.87. The Morgan fingerprint density at radius 2 is 2.18 bits per heavy atom. The Balaban J connectivity index is 2.31. The van der Waals surface area contributed by atoms with Crippen molar-refractivity contribution in [3.8, 4) is 0 Å². The number of thioether (sulfide) groups is 1. The Bertz CT molecular complexity index is 237. The minimum atomic E-state index is -4.13. The maximum absolute atomic E-state index is 12.0. The van der Waals surface area contributed by atoms with Crippen molar-refractivity contribution in [3.63, 3.8) is 0 Å². The van der Waals surface area contributed by atoms with Gasteiger partial charge in [0.2, 0.25) is 0 Å². The molecule has 0 amide bonds. The van der Waals surface area contributed by atoms with Crippen molar-refractivity contribution in [2.24, 2.45) is 5.92 Å². The van der Waals surface area contributed by atoms with Gasteiger partial charge in [-0.3, -0.25) is 0 Å². The molecule has 2 atom stereocenters. The van der Waals surface area contributed by atoms with Gasteiger partial charge in [0.05, 0.1) is 0 Å². The minimum Gasteiger partial charge on any atom is -0.309 e. The third-order valence-corrected chi connectivity index (χ3v) is 4.46. The first-order valence-corrected chi connectivity index (χ1v) is 7.41. The van der Waals surface area contributed by atoms with E-state index in [2.05, 4.69) is 12.2 Å². The van der Waals surface area contributed by atoms with Gasteiger partial charge in [-0.2, -0.15) is 13.2 Å². The van der Waals surface area contributed by atoms with E-state index in [1.165, 1.54) is 6.42 Å². The molecule has 1 N–H and O–H groups in total. The molecule has 1 nitrogen and oxygen atoms in total. The van der Waals surface area contributed by atoms with Crippen LogP contribution in [0.25, 0.3) is 0 Å². The van der Waals surface area contributed by atoms with E-state index in [1.54, 1.807) is 0 Å². The Kier molecular flexibility index (Phi) is 5.93. The van der Waals surface area contributed by atoms with Crippen LogP contribution in [0.5, 0.6) is 0 Å². The molecule has 1 aliphatic rings. The summed E-state index contributed by atoms with van der Waals surface area (Å²) >= 11 is 6.01. The molecule has 0 heterocycles. The summed E-state index contributed by atoms with van der Waals surface area (Å²) in [6, 6.07) is 0. The molecule has 0 bridgehead atoms. The number of rotatable bonds is 5. The molecule has 1 saturated carbocycles. The van der Waals surface area contributed by atoms with Gasteiger partial charge in [0.1, 0.15) is 0 Å². The van der Waals surface area contributed by atoms with E-state index in [-0.39, 0.29) is 23.1 Å². The first kappa shape index (κ1) is 15.4. The van der Waals surface area contributed by atoms with E-state index in [9.17, 15) is 13.2 Å². The molecule has 0 saturated heterocycles. The Hall–Kier alpha value is 0.390. The molecule has 2 unspecified atom stereocenters. The monoisotopic (exact) mass is 289 g/mol.